The molecule has 0 aliphatic rings. The molecule has 0 radical (unpaired) electrons. The summed E-state index contributed by atoms with van der Waals surface area (Å²) in [5, 5.41) is 5.76. The molecule has 0 aliphatic heterocycles. The second-order valence-corrected chi connectivity index (χ2v) is 6.04. The van der Waals surface area contributed by atoms with Gasteiger partial charge in [-0.2, -0.15) is 0 Å². The van der Waals surface area contributed by atoms with E-state index in [0.29, 0.717) is 24.2 Å². The zero-order valence-electron chi connectivity index (χ0n) is 15.4. The first kappa shape index (κ1) is 19.5. The van der Waals surface area contributed by atoms with Crippen molar-refractivity contribution < 1.29 is 14.3 Å². The summed E-state index contributed by atoms with van der Waals surface area (Å²) < 4.78 is 5.19. The molecule has 0 heterocycles. The minimum absolute atomic E-state index is 0.108. The highest BCUT2D eigenvalue weighted by Gasteiger charge is 2.08. The van der Waals surface area contributed by atoms with E-state index >= 15 is 0 Å². The fourth-order valence-corrected chi connectivity index (χ4v) is 2.50. The summed E-state index contributed by atoms with van der Waals surface area (Å²) in [4.78, 5) is 24.2. The van der Waals surface area contributed by atoms with Crippen LogP contribution in [0.3, 0.4) is 0 Å². The molecule has 138 valence electrons. The first-order valence-electron chi connectivity index (χ1n) is 8.93. The van der Waals surface area contributed by atoms with Crippen molar-refractivity contribution >= 4 is 11.8 Å². The van der Waals surface area contributed by atoms with Gasteiger partial charge in [0.2, 0.25) is 0 Å². The predicted molar refractivity (Wildman–Crippen MR) is 103 cm³/mol. The van der Waals surface area contributed by atoms with E-state index in [2.05, 4.69) is 17.6 Å². The van der Waals surface area contributed by atoms with Crippen LogP contribution >= 0.6 is 0 Å². The third-order valence-electron chi connectivity index (χ3n) is 4.06. The Labute approximate surface area is 154 Å². The maximum Gasteiger partial charge on any atom is 0.251 e. The Hall–Kier alpha value is -2.82. The number of unbranched alkanes of at least 4 members (excludes halogenated alkanes) is 1. The predicted octanol–water partition coefficient (Wildman–Crippen LogP) is 3.20. The molecule has 26 heavy (non-hydrogen) atoms. The molecule has 2 aromatic carbocycles. The molecule has 2 N–H and O–H groups in total. The summed E-state index contributed by atoms with van der Waals surface area (Å²) in [6.45, 7) is 3.28. The van der Waals surface area contributed by atoms with Crippen molar-refractivity contribution in [3.05, 3.63) is 65.2 Å². The molecule has 0 saturated heterocycles. The highest BCUT2D eigenvalue weighted by molar-refractivity contribution is 5.97. The van der Waals surface area contributed by atoms with Crippen LogP contribution in [0.2, 0.25) is 0 Å². The lowest BCUT2D eigenvalue weighted by Crippen LogP contribution is -2.26. The summed E-state index contributed by atoms with van der Waals surface area (Å²) >= 11 is 0. The van der Waals surface area contributed by atoms with Gasteiger partial charge >= 0.3 is 0 Å². The van der Waals surface area contributed by atoms with Crippen LogP contribution in [0.25, 0.3) is 0 Å². The van der Waals surface area contributed by atoms with Gasteiger partial charge in [0.1, 0.15) is 5.75 Å². The fourth-order valence-electron chi connectivity index (χ4n) is 2.50. The molecule has 2 rings (SSSR count). The van der Waals surface area contributed by atoms with Gasteiger partial charge in [0, 0.05) is 24.2 Å². The first-order valence-corrected chi connectivity index (χ1v) is 8.93. The number of rotatable bonds is 9. The quantitative estimate of drug-likeness (QED) is 0.680. The summed E-state index contributed by atoms with van der Waals surface area (Å²) in [6.07, 6.45) is 2.72. The van der Waals surface area contributed by atoms with E-state index in [1.807, 2.05) is 24.3 Å². The van der Waals surface area contributed by atoms with Crippen LogP contribution in [0.15, 0.2) is 48.5 Å². The Kier molecular flexibility index (Phi) is 7.68. The second-order valence-electron chi connectivity index (χ2n) is 6.04. The minimum Gasteiger partial charge on any atom is -0.497 e. The lowest BCUT2D eigenvalue weighted by atomic mass is 10.1. The van der Waals surface area contributed by atoms with Crippen LogP contribution in [-0.2, 0) is 6.42 Å². The van der Waals surface area contributed by atoms with Gasteiger partial charge in [0.25, 0.3) is 11.8 Å². The van der Waals surface area contributed by atoms with E-state index in [9.17, 15) is 9.59 Å². The summed E-state index contributed by atoms with van der Waals surface area (Å²) in [5.41, 5.74) is 2.21. The normalized spacial score (nSPS) is 10.2. The highest BCUT2D eigenvalue weighted by Crippen LogP contribution is 2.12. The largest absolute Gasteiger partial charge is 0.497 e. The van der Waals surface area contributed by atoms with Gasteiger partial charge in [-0.25, -0.2) is 0 Å². The average molecular weight is 354 g/mol. The molecule has 5 heteroatoms. The number of benzene rings is 2. The van der Waals surface area contributed by atoms with E-state index in [1.54, 1.807) is 31.4 Å². The molecule has 0 aliphatic carbocycles. The number of hydrogen-bond donors (Lipinski definition) is 2. The van der Waals surface area contributed by atoms with Crippen molar-refractivity contribution in [2.24, 2.45) is 0 Å². The molecule has 0 saturated carbocycles. The topological polar surface area (TPSA) is 67.4 Å². The zero-order chi connectivity index (χ0) is 18.8. The van der Waals surface area contributed by atoms with Crippen LogP contribution in [0.1, 0.15) is 46.0 Å². The molecular weight excluding hydrogens is 328 g/mol. The highest BCUT2D eigenvalue weighted by atomic mass is 16.5. The van der Waals surface area contributed by atoms with Gasteiger partial charge in [-0.1, -0.05) is 25.5 Å². The van der Waals surface area contributed by atoms with Crippen molar-refractivity contribution in [2.45, 2.75) is 26.2 Å². The lowest BCUT2D eigenvalue weighted by molar-refractivity contribution is 0.0941. The first-order chi connectivity index (χ1) is 12.6. The third kappa shape index (κ3) is 5.92. The number of carbonyl (C=O) groups excluding carboxylic acids is 2. The van der Waals surface area contributed by atoms with E-state index < -0.39 is 0 Å². The van der Waals surface area contributed by atoms with Crippen LogP contribution < -0.4 is 15.4 Å². The molecule has 0 atom stereocenters. The lowest BCUT2D eigenvalue weighted by Gasteiger charge is -2.08. The van der Waals surface area contributed by atoms with Crippen LogP contribution in [0.4, 0.5) is 0 Å². The van der Waals surface area contributed by atoms with E-state index in [4.69, 9.17) is 4.74 Å². The molecular formula is C21H26N2O3. The third-order valence-corrected chi connectivity index (χ3v) is 4.06. The van der Waals surface area contributed by atoms with Gasteiger partial charge in [-0.05, 0) is 54.8 Å². The van der Waals surface area contributed by atoms with Crippen molar-refractivity contribution in [3.8, 4) is 5.75 Å². The van der Waals surface area contributed by atoms with Crippen molar-refractivity contribution in [2.75, 3.05) is 20.2 Å². The smallest absolute Gasteiger partial charge is 0.251 e. The van der Waals surface area contributed by atoms with E-state index in [-0.39, 0.29) is 11.8 Å². The molecule has 0 spiro atoms. The SMILES string of the molecule is CCCCNC(=O)c1ccc(C(=O)NCCc2cccc(OC)c2)cc1. The molecule has 0 fully saturated rings. The summed E-state index contributed by atoms with van der Waals surface area (Å²) in [5.74, 6) is 0.552. The summed E-state index contributed by atoms with van der Waals surface area (Å²) in [6, 6.07) is 14.5. The maximum absolute atomic E-state index is 12.2. The number of carbonyl (C=O) groups is 2. The number of nitrogens with one attached hydrogen (secondary N) is 2. The minimum atomic E-state index is -0.147. The number of ether oxygens (including phenoxy) is 1. The van der Waals surface area contributed by atoms with E-state index in [1.165, 1.54) is 0 Å². The molecule has 0 aromatic heterocycles. The number of hydrogen-bond acceptors (Lipinski definition) is 3. The van der Waals surface area contributed by atoms with Crippen molar-refractivity contribution in [3.63, 3.8) is 0 Å². The molecule has 0 bridgehead atoms. The molecule has 0 unspecified atom stereocenters. The number of methoxy groups -OCH3 is 1. The monoisotopic (exact) mass is 354 g/mol. The zero-order valence-corrected chi connectivity index (χ0v) is 15.4. The fraction of sp³-hybridized carbons (Fsp3) is 0.333. The van der Waals surface area contributed by atoms with Crippen LogP contribution in [-0.4, -0.2) is 32.0 Å². The Balaban J connectivity index is 1.82. The average Bonchev–Trinajstić information content (AvgIpc) is 2.68. The van der Waals surface area contributed by atoms with Gasteiger partial charge in [0.05, 0.1) is 7.11 Å². The molecule has 5 nitrogen and oxygen atoms in total. The van der Waals surface area contributed by atoms with Gasteiger partial charge < -0.3 is 15.4 Å². The standard InChI is InChI=1S/C21H26N2O3/c1-3-4-13-22-20(24)17-8-10-18(11-9-17)21(25)23-14-12-16-6-5-7-19(15-16)26-2/h5-11,15H,3-4,12-14H2,1-2H3,(H,22,24)(H,23,25). The Morgan fingerprint density at radius 3 is 2.12 bits per heavy atom. The van der Waals surface area contributed by atoms with Crippen molar-refractivity contribution in [1.82, 2.24) is 10.6 Å². The maximum atomic E-state index is 12.2. The molecule has 2 aromatic rings. The van der Waals surface area contributed by atoms with Crippen molar-refractivity contribution in [1.29, 1.82) is 0 Å². The van der Waals surface area contributed by atoms with Gasteiger partial charge in [-0.15, -0.1) is 0 Å². The molecule has 2 amide bonds. The van der Waals surface area contributed by atoms with Crippen LogP contribution in [0.5, 0.6) is 5.75 Å². The Morgan fingerprint density at radius 2 is 1.54 bits per heavy atom. The number of amides is 2. The second kappa shape index (κ2) is 10.2. The van der Waals surface area contributed by atoms with E-state index in [0.717, 1.165) is 30.6 Å². The van der Waals surface area contributed by atoms with Crippen LogP contribution in [0, 0.1) is 0 Å². The summed E-state index contributed by atoms with van der Waals surface area (Å²) in [7, 11) is 1.63. The Bertz CT molecular complexity index is 726. The van der Waals surface area contributed by atoms with Gasteiger partial charge in [-0.3, -0.25) is 9.59 Å². The van der Waals surface area contributed by atoms with Gasteiger partial charge in [0.15, 0.2) is 0 Å². The Morgan fingerprint density at radius 1 is 0.923 bits per heavy atom.